The predicted octanol–water partition coefficient (Wildman–Crippen LogP) is 2.37. The maximum absolute atomic E-state index is 11.5. The van der Waals surface area contributed by atoms with E-state index in [0.29, 0.717) is 12.3 Å². The Labute approximate surface area is 116 Å². The van der Waals surface area contributed by atoms with Crippen LogP contribution in [0.25, 0.3) is 0 Å². The van der Waals surface area contributed by atoms with Gasteiger partial charge in [0, 0.05) is 19.5 Å². The van der Waals surface area contributed by atoms with Crippen LogP contribution in [0.15, 0.2) is 30.3 Å². The number of hydrogen-bond acceptors (Lipinski definition) is 2. The summed E-state index contributed by atoms with van der Waals surface area (Å²) in [7, 11) is 0. The van der Waals surface area contributed by atoms with Crippen molar-refractivity contribution in [1.29, 1.82) is 0 Å². The fourth-order valence-corrected chi connectivity index (χ4v) is 1.80. The number of hydrogen-bond donors (Lipinski definition) is 2. The zero-order valence-corrected chi connectivity index (χ0v) is 12.1. The zero-order chi connectivity index (χ0) is 13.9. The summed E-state index contributed by atoms with van der Waals surface area (Å²) in [6.07, 6.45) is 2.77. The first kappa shape index (κ1) is 15.7. The van der Waals surface area contributed by atoms with Crippen LogP contribution in [-0.2, 0) is 11.2 Å². The fourth-order valence-electron chi connectivity index (χ4n) is 1.80. The molecule has 0 unspecified atom stereocenters. The van der Waals surface area contributed by atoms with Gasteiger partial charge in [-0.25, -0.2) is 0 Å². The highest BCUT2D eigenvalue weighted by atomic mass is 16.1. The van der Waals surface area contributed by atoms with Gasteiger partial charge in [0.2, 0.25) is 5.91 Å². The lowest BCUT2D eigenvalue weighted by molar-refractivity contribution is -0.121. The minimum absolute atomic E-state index is 0.143. The number of benzene rings is 1. The molecular weight excluding hydrogens is 236 g/mol. The number of rotatable bonds is 9. The molecule has 0 spiro atoms. The van der Waals surface area contributed by atoms with E-state index >= 15 is 0 Å². The molecule has 0 heterocycles. The lowest BCUT2D eigenvalue weighted by Crippen LogP contribution is -2.30. The SMILES string of the molecule is CC(C)CNC(=O)CCNCCCc1ccccc1. The van der Waals surface area contributed by atoms with Crippen molar-refractivity contribution in [3.8, 4) is 0 Å². The molecule has 19 heavy (non-hydrogen) atoms. The molecule has 0 fully saturated rings. The number of carbonyl (C=O) groups is 1. The standard InChI is InChI=1S/C16H26N2O/c1-14(2)13-18-16(19)10-12-17-11-6-9-15-7-4-3-5-8-15/h3-5,7-8,14,17H,6,9-13H2,1-2H3,(H,18,19). The highest BCUT2D eigenvalue weighted by molar-refractivity contribution is 5.76. The third kappa shape index (κ3) is 8.38. The summed E-state index contributed by atoms with van der Waals surface area (Å²) >= 11 is 0. The Kier molecular flexibility index (Phi) is 7.91. The lowest BCUT2D eigenvalue weighted by atomic mass is 10.1. The van der Waals surface area contributed by atoms with E-state index in [-0.39, 0.29) is 5.91 Å². The van der Waals surface area contributed by atoms with E-state index in [1.807, 2.05) is 6.07 Å². The predicted molar refractivity (Wildman–Crippen MR) is 80.1 cm³/mol. The van der Waals surface area contributed by atoms with Crippen LogP contribution in [0.2, 0.25) is 0 Å². The van der Waals surface area contributed by atoms with Crippen LogP contribution in [-0.4, -0.2) is 25.5 Å². The second kappa shape index (κ2) is 9.56. The third-order valence-corrected chi connectivity index (χ3v) is 2.90. The molecule has 1 aromatic rings. The Hall–Kier alpha value is -1.35. The molecule has 0 bridgehead atoms. The summed E-state index contributed by atoms with van der Waals surface area (Å²) in [5.41, 5.74) is 1.37. The molecule has 0 atom stereocenters. The monoisotopic (exact) mass is 262 g/mol. The zero-order valence-electron chi connectivity index (χ0n) is 12.1. The average molecular weight is 262 g/mol. The summed E-state index contributed by atoms with van der Waals surface area (Å²) in [5, 5.41) is 6.23. The minimum atomic E-state index is 0.143. The van der Waals surface area contributed by atoms with Crippen LogP contribution in [0.5, 0.6) is 0 Å². The van der Waals surface area contributed by atoms with Crippen molar-refractivity contribution in [2.75, 3.05) is 19.6 Å². The van der Waals surface area contributed by atoms with E-state index in [0.717, 1.165) is 32.5 Å². The van der Waals surface area contributed by atoms with Gasteiger partial charge in [0.05, 0.1) is 0 Å². The van der Waals surface area contributed by atoms with Gasteiger partial charge in [0.1, 0.15) is 0 Å². The molecule has 0 aliphatic heterocycles. The fraction of sp³-hybridized carbons (Fsp3) is 0.562. The van der Waals surface area contributed by atoms with Gasteiger partial charge in [0.25, 0.3) is 0 Å². The van der Waals surface area contributed by atoms with E-state index in [2.05, 4.69) is 48.7 Å². The molecule has 0 aliphatic rings. The van der Waals surface area contributed by atoms with Crippen LogP contribution in [0.4, 0.5) is 0 Å². The topological polar surface area (TPSA) is 41.1 Å². The first-order valence-corrected chi connectivity index (χ1v) is 7.20. The van der Waals surface area contributed by atoms with Crippen molar-refractivity contribution >= 4 is 5.91 Å². The highest BCUT2D eigenvalue weighted by Crippen LogP contribution is 2.01. The smallest absolute Gasteiger partial charge is 0.221 e. The molecule has 1 rings (SSSR count). The Bertz CT molecular complexity index is 349. The van der Waals surface area contributed by atoms with Crippen molar-refractivity contribution < 1.29 is 4.79 Å². The quantitative estimate of drug-likeness (QED) is 0.671. The maximum atomic E-state index is 11.5. The van der Waals surface area contributed by atoms with Gasteiger partial charge >= 0.3 is 0 Å². The van der Waals surface area contributed by atoms with Crippen LogP contribution in [0.3, 0.4) is 0 Å². The number of amides is 1. The van der Waals surface area contributed by atoms with Gasteiger partial charge in [-0.3, -0.25) is 4.79 Å². The Morgan fingerprint density at radius 3 is 2.58 bits per heavy atom. The third-order valence-electron chi connectivity index (χ3n) is 2.90. The van der Waals surface area contributed by atoms with Crippen LogP contribution in [0, 0.1) is 5.92 Å². The van der Waals surface area contributed by atoms with Gasteiger partial charge in [-0.1, -0.05) is 44.2 Å². The van der Waals surface area contributed by atoms with E-state index in [4.69, 9.17) is 0 Å². The summed E-state index contributed by atoms with van der Waals surface area (Å²) in [4.78, 5) is 11.5. The molecule has 0 aromatic heterocycles. The number of aryl methyl sites for hydroxylation is 1. The van der Waals surface area contributed by atoms with Gasteiger partial charge in [-0.15, -0.1) is 0 Å². The Balaban J connectivity index is 1.95. The van der Waals surface area contributed by atoms with Gasteiger partial charge < -0.3 is 10.6 Å². The van der Waals surface area contributed by atoms with E-state index in [1.165, 1.54) is 5.56 Å². The molecule has 2 N–H and O–H groups in total. The van der Waals surface area contributed by atoms with Gasteiger partial charge in [0.15, 0.2) is 0 Å². The first-order chi connectivity index (χ1) is 9.18. The molecule has 106 valence electrons. The van der Waals surface area contributed by atoms with Crippen LogP contribution >= 0.6 is 0 Å². The lowest BCUT2D eigenvalue weighted by Gasteiger charge is -2.08. The molecule has 1 amide bonds. The summed E-state index contributed by atoms with van der Waals surface area (Å²) < 4.78 is 0. The van der Waals surface area contributed by atoms with Gasteiger partial charge in [-0.2, -0.15) is 0 Å². The minimum Gasteiger partial charge on any atom is -0.356 e. The Morgan fingerprint density at radius 1 is 1.16 bits per heavy atom. The average Bonchev–Trinajstić information content (AvgIpc) is 2.41. The highest BCUT2D eigenvalue weighted by Gasteiger charge is 2.01. The summed E-state index contributed by atoms with van der Waals surface area (Å²) in [5.74, 6) is 0.659. The largest absolute Gasteiger partial charge is 0.356 e. The molecule has 0 saturated heterocycles. The summed E-state index contributed by atoms with van der Waals surface area (Å²) in [6.45, 7) is 6.70. The number of carbonyl (C=O) groups excluding carboxylic acids is 1. The molecular formula is C16H26N2O. The molecule has 0 radical (unpaired) electrons. The van der Waals surface area contributed by atoms with Crippen molar-refractivity contribution in [2.45, 2.75) is 33.1 Å². The van der Waals surface area contributed by atoms with Crippen LogP contribution in [0.1, 0.15) is 32.3 Å². The van der Waals surface area contributed by atoms with Crippen molar-refractivity contribution in [2.24, 2.45) is 5.92 Å². The molecule has 1 aromatic carbocycles. The van der Waals surface area contributed by atoms with Gasteiger partial charge in [-0.05, 0) is 30.9 Å². The molecule has 0 saturated carbocycles. The van der Waals surface area contributed by atoms with Crippen molar-refractivity contribution in [3.05, 3.63) is 35.9 Å². The second-order valence-corrected chi connectivity index (χ2v) is 5.29. The molecule has 3 nitrogen and oxygen atoms in total. The molecule has 3 heteroatoms. The normalized spacial score (nSPS) is 10.7. The van der Waals surface area contributed by atoms with E-state index in [1.54, 1.807) is 0 Å². The first-order valence-electron chi connectivity index (χ1n) is 7.20. The van der Waals surface area contributed by atoms with E-state index in [9.17, 15) is 4.79 Å². The summed E-state index contributed by atoms with van der Waals surface area (Å²) in [6, 6.07) is 10.5. The second-order valence-electron chi connectivity index (χ2n) is 5.29. The van der Waals surface area contributed by atoms with Crippen molar-refractivity contribution in [3.63, 3.8) is 0 Å². The van der Waals surface area contributed by atoms with E-state index < -0.39 is 0 Å². The number of nitrogens with one attached hydrogen (secondary N) is 2. The van der Waals surface area contributed by atoms with Crippen molar-refractivity contribution in [1.82, 2.24) is 10.6 Å². The maximum Gasteiger partial charge on any atom is 0.221 e. The Morgan fingerprint density at radius 2 is 1.89 bits per heavy atom. The van der Waals surface area contributed by atoms with Crippen LogP contribution < -0.4 is 10.6 Å². The molecule has 0 aliphatic carbocycles.